The molecule has 1 aromatic rings. The molecule has 1 amide bonds. The molecule has 0 aliphatic heterocycles. The van der Waals surface area contributed by atoms with Gasteiger partial charge < -0.3 is 4.52 Å². The molecule has 2 rings (SSSR count). The lowest BCUT2D eigenvalue weighted by Gasteiger charge is -2.19. The number of aromatic nitrogens is 1. The highest BCUT2D eigenvalue weighted by Gasteiger charge is 2.24. The van der Waals surface area contributed by atoms with E-state index in [1.54, 1.807) is 11.0 Å². The van der Waals surface area contributed by atoms with Gasteiger partial charge in [-0.25, -0.2) is 0 Å². The second-order valence-corrected chi connectivity index (χ2v) is 3.11. The fraction of sp³-hybridized carbons (Fsp3) is 0.444. The van der Waals surface area contributed by atoms with Crippen molar-refractivity contribution in [2.24, 2.45) is 0 Å². The smallest absolute Gasteiger partial charge is 0.215 e. The van der Waals surface area contributed by atoms with Gasteiger partial charge in [0.15, 0.2) is 5.82 Å². The van der Waals surface area contributed by atoms with Crippen molar-refractivity contribution in [1.82, 2.24) is 5.16 Å². The van der Waals surface area contributed by atoms with E-state index < -0.39 is 0 Å². The maximum atomic E-state index is 10.8. The standard InChI is InChI=1S/C9H11N2O2/c12-7-11(8-3-1-2-4-8)9-5-6-13-10-9/h5-7H,1-4H2. The Labute approximate surface area is 76.5 Å². The number of amides is 1. The van der Waals surface area contributed by atoms with Gasteiger partial charge in [0.25, 0.3) is 0 Å². The lowest BCUT2D eigenvalue weighted by molar-refractivity contribution is -0.107. The largest absolute Gasteiger partial charge is 0.363 e. The van der Waals surface area contributed by atoms with Crippen molar-refractivity contribution in [2.75, 3.05) is 4.90 Å². The molecule has 0 bridgehead atoms. The molecule has 0 unspecified atom stereocenters. The normalized spacial score (nSPS) is 17.5. The minimum atomic E-state index is 0.590. The van der Waals surface area contributed by atoms with Gasteiger partial charge in [-0.2, -0.15) is 0 Å². The molecule has 4 heteroatoms. The Kier molecular flexibility index (Phi) is 2.29. The summed E-state index contributed by atoms with van der Waals surface area (Å²) in [4.78, 5) is 12.4. The van der Waals surface area contributed by atoms with Gasteiger partial charge in [-0.1, -0.05) is 18.0 Å². The van der Waals surface area contributed by atoms with E-state index in [4.69, 9.17) is 4.52 Å². The average Bonchev–Trinajstić information content (AvgIpc) is 2.76. The monoisotopic (exact) mass is 179 g/mol. The molecule has 0 atom stereocenters. The van der Waals surface area contributed by atoms with E-state index >= 15 is 0 Å². The Morgan fingerprint density at radius 3 is 2.77 bits per heavy atom. The third kappa shape index (κ3) is 1.56. The highest BCUT2D eigenvalue weighted by molar-refractivity contribution is 5.76. The molecule has 0 spiro atoms. The first-order chi connectivity index (χ1) is 6.42. The number of hydrogen-bond donors (Lipinski definition) is 0. The number of nitrogens with zero attached hydrogens (tertiary/aromatic N) is 2. The fourth-order valence-corrected chi connectivity index (χ4v) is 1.64. The van der Waals surface area contributed by atoms with Gasteiger partial charge in [0, 0.05) is 6.07 Å². The Morgan fingerprint density at radius 1 is 1.46 bits per heavy atom. The van der Waals surface area contributed by atoms with Crippen LogP contribution in [-0.4, -0.2) is 11.6 Å². The minimum Gasteiger partial charge on any atom is -0.363 e. The van der Waals surface area contributed by atoms with Gasteiger partial charge in [0.1, 0.15) is 6.26 Å². The minimum absolute atomic E-state index is 0.590. The van der Waals surface area contributed by atoms with Gasteiger partial charge >= 0.3 is 0 Å². The van der Waals surface area contributed by atoms with E-state index in [0.717, 1.165) is 38.1 Å². The van der Waals surface area contributed by atoms with Crippen LogP contribution < -0.4 is 4.90 Å². The summed E-state index contributed by atoms with van der Waals surface area (Å²) in [6.07, 6.45) is 6.59. The van der Waals surface area contributed by atoms with Crippen LogP contribution in [0.5, 0.6) is 0 Å². The first-order valence-corrected chi connectivity index (χ1v) is 4.41. The van der Waals surface area contributed by atoms with Crippen molar-refractivity contribution in [1.29, 1.82) is 0 Å². The van der Waals surface area contributed by atoms with Crippen molar-refractivity contribution in [3.05, 3.63) is 18.4 Å². The van der Waals surface area contributed by atoms with Crippen LogP contribution in [0.25, 0.3) is 0 Å². The maximum Gasteiger partial charge on any atom is 0.215 e. The molecule has 1 fully saturated rings. The number of carbonyl (C=O) groups is 1. The molecule has 1 aliphatic rings. The number of anilines is 1. The van der Waals surface area contributed by atoms with Crippen molar-refractivity contribution in [3.8, 4) is 0 Å². The Hall–Kier alpha value is -1.32. The Balaban J connectivity index is 2.13. The van der Waals surface area contributed by atoms with Crippen LogP contribution >= 0.6 is 0 Å². The third-order valence-electron chi connectivity index (χ3n) is 2.30. The van der Waals surface area contributed by atoms with Gasteiger partial charge in [0.2, 0.25) is 6.41 Å². The second-order valence-electron chi connectivity index (χ2n) is 3.11. The molecule has 13 heavy (non-hydrogen) atoms. The zero-order valence-corrected chi connectivity index (χ0v) is 7.27. The van der Waals surface area contributed by atoms with E-state index in [0.29, 0.717) is 5.82 Å². The molecule has 1 radical (unpaired) electrons. The molecule has 1 aromatic heterocycles. The van der Waals surface area contributed by atoms with E-state index in [1.165, 1.54) is 6.26 Å². The number of hydrogen-bond acceptors (Lipinski definition) is 3. The summed E-state index contributed by atoms with van der Waals surface area (Å²) < 4.78 is 4.69. The SMILES string of the molecule is O=CN([C]1CCCC1)c1ccon1. The Bertz CT molecular complexity index is 265. The predicted octanol–water partition coefficient (Wildman–Crippen LogP) is 1.74. The first-order valence-electron chi connectivity index (χ1n) is 4.41. The predicted molar refractivity (Wildman–Crippen MR) is 46.8 cm³/mol. The van der Waals surface area contributed by atoms with Crippen molar-refractivity contribution >= 4 is 12.2 Å². The molecule has 0 N–H and O–H groups in total. The topological polar surface area (TPSA) is 46.3 Å². The summed E-state index contributed by atoms with van der Waals surface area (Å²) in [5.74, 6) is 0.590. The van der Waals surface area contributed by atoms with Gasteiger partial charge in [-0.15, -0.1) is 0 Å². The summed E-state index contributed by atoms with van der Waals surface area (Å²) in [5, 5.41) is 3.73. The summed E-state index contributed by atoms with van der Waals surface area (Å²) in [7, 11) is 0. The molecular formula is C9H11N2O2. The molecule has 1 heterocycles. The van der Waals surface area contributed by atoms with Crippen LogP contribution in [0.1, 0.15) is 25.7 Å². The summed E-state index contributed by atoms with van der Waals surface area (Å²) >= 11 is 0. The first kappa shape index (κ1) is 8.29. The molecule has 0 saturated heterocycles. The molecule has 0 aromatic carbocycles. The van der Waals surface area contributed by atoms with Crippen LogP contribution in [0.3, 0.4) is 0 Å². The highest BCUT2D eigenvalue weighted by atomic mass is 16.5. The van der Waals surface area contributed by atoms with Crippen LogP contribution in [0.4, 0.5) is 5.82 Å². The van der Waals surface area contributed by atoms with Crippen LogP contribution in [-0.2, 0) is 4.79 Å². The molecule has 4 nitrogen and oxygen atoms in total. The zero-order valence-electron chi connectivity index (χ0n) is 7.27. The van der Waals surface area contributed by atoms with Crippen molar-refractivity contribution in [3.63, 3.8) is 0 Å². The highest BCUT2D eigenvalue weighted by Crippen LogP contribution is 2.31. The number of carbonyl (C=O) groups excluding carboxylic acids is 1. The quantitative estimate of drug-likeness (QED) is 0.664. The Morgan fingerprint density at radius 2 is 2.23 bits per heavy atom. The van der Waals surface area contributed by atoms with E-state index in [1.807, 2.05) is 0 Å². The summed E-state index contributed by atoms with van der Waals surface area (Å²) in [6.45, 7) is 0. The van der Waals surface area contributed by atoms with Crippen molar-refractivity contribution in [2.45, 2.75) is 25.7 Å². The van der Waals surface area contributed by atoms with E-state index in [2.05, 4.69) is 5.16 Å². The van der Waals surface area contributed by atoms with E-state index in [-0.39, 0.29) is 0 Å². The maximum absolute atomic E-state index is 10.8. The average molecular weight is 179 g/mol. The summed E-state index contributed by atoms with van der Waals surface area (Å²) in [6, 6.07) is 2.84. The van der Waals surface area contributed by atoms with Gasteiger partial charge in [-0.3, -0.25) is 9.69 Å². The van der Waals surface area contributed by atoms with Crippen LogP contribution in [0, 0.1) is 6.04 Å². The summed E-state index contributed by atoms with van der Waals surface area (Å²) in [5.41, 5.74) is 0. The number of rotatable bonds is 3. The second kappa shape index (κ2) is 3.60. The van der Waals surface area contributed by atoms with Crippen LogP contribution in [0.15, 0.2) is 16.9 Å². The van der Waals surface area contributed by atoms with Gasteiger partial charge in [0.05, 0.1) is 6.04 Å². The van der Waals surface area contributed by atoms with Crippen LogP contribution in [0.2, 0.25) is 0 Å². The zero-order chi connectivity index (χ0) is 9.10. The fourth-order valence-electron chi connectivity index (χ4n) is 1.64. The van der Waals surface area contributed by atoms with Crippen molar-refractivity contribution < 1.29 is 9.32 Å². The molecular weight excluding hydrogens is 168 g/mol. The van der Waals surface area contributed by atoms with E-state index in [9.17, 15) is 4.79 Å². The molecule has 69 valence electrons. The molecule has 1 saturated carbocycles. The lowest BCUT2D eigenvalue weighted by Crippen LogP contribution is -2.25. The lowest BCUT2D eigenvalue weighted by atomic mass is 10.2. The van der Waals surface area contributed by atoms with Gasteiger partial charge in [-0.05, 0) is 12.8 Å². The molecule has 1 aliphatic carbocycles. The third-order valence-corrected chi connectivity index (χ3v) is 2.30.